The highest BCUT2D eigenvalue weighted by Gasteiger charge is 2.22. The second kappa shape index (κ2) is 3.98. The van der Waals surface area contributed by atoms with Gasteiger partial charge < -0.3 is 5.32 Å². The Morgan fingerprint density at radius 3 is 3.00 bits per heavy atom. The molecular formula is C9H10ClN3OS. The van der Waals surface area contributed by atoms with Gasteiger partial charge in [0.25, 0.3) is 0 Å². The highest BCUT2D eigenvalue weighted by molar-refractivity contribution is 8.00. The maximum atomic E-state index is 11.5. The van der Waals surface area contributed by atoms with Crippen LogP contribution in [0, 0.1) is 6.92 Å². The van der Waals surface area contributed by atoms with Gasteiger partial charge in [-0.3, -0.25) is 4.79 Å². The zero-order valence-electron chi connectivity index (χ0n) is 8.37. The quantitative estimate of drug-likeness (QED) is 0.561. The molecule has 0 spiro atoms. The molecule has 0 fully saturated rings. The molecule has 2 rings (SSSR count). The number of nitrogens with one attached hydrogen (secondary N) is 1. The van der Waals surface area contributed by atoms with Crippen molar-refractivity contribution in [2.45, 2.75) is 30.5 Å². The Kier molecular flexibility index (Phi) is 2.84. The zero-order chi connectivity index (χ0) is 11.0. The molecule has 1 aromatic heterocycles. The first-order valence-electron chi connectivity index (χ1n) is 4.57. The van der Waals surface area contributed by atoms with Gasteiger partial charge in [-0.2, -0.15) is 0 Å². The number of fused-ring (bicyclic) bond motifs is 1. The standard InChI is InChI=1S/C9H10ClN3OS/c1-4-3-6(14)12-7-5(2)11-9(10)13-8(7)15-4/h4H,3H2,1-2H3,(H,12,14). The molecule has 0 radical (unpaired) electrons. The van der Waals surface area contributed by atoms with Crippen molar-refractivity contribution in [1.29, 1.82) is 0 Å². The minimum absolute atomic E-state index is 0.00257. The molecule has 1 amide bonds. The van der Waals surface area contributed by atoms with Crippen LogP contribution in [0.25, 0.3) is 0 Å². The van der Waals surface area contributed by atoms with Crippen LogP contribution in [0.3, 0.4) is 0 Å². The lowest BCUT2D eigenvalue weighted by atomic mass is 10.3. The molecule has 0 bridgehead atoms. The normalized spacial score (nSPS) is 20.5. The molecule has 1 N–H and O–H groups in total. The number of amides is 1. The molecule has 0 aromatic carbocycles. The van der Waals surface area contributed by atoms with Crippen molar-refractivity contribution in [2.24, 2.45) is 0 Å². The van der Waals surface area contributed by atoms with Crippen molar-refractivity contribution in [3.63, 3.8) is 0 Å². The number of hydrogen-bond acceptors (Lipinski definition) is 4. The van der Waals surface area contributed by atoms with Crippen LogP contribution in [0.5, 0.6) is 0 Å². The van der Waals surface area contributed by atoms with Gasteiger partial charge in [0.05, 0.1) is 11.4 Å². The molecule has 1 aromatic rings. The number of carbonyl (C=O) groups is 1. The maximum Gasteiger partial charge on any atom is 0.225 e. The second-order valence-electron chi connectivity index (χ2n) is 3.44. The molecule has 0 aliphatic carbocycles. The smallest absolute Gasteiger partial charge is 0.225 e. The SMILES string of the molecule is Cc1nc(Cl)nc2c1NC(=O)CC(C)S2. The molecule has 15 heavy (non-hydrogen) atoms. The lowest BCUT2D eigenvalue weighted by Crippen LogP contribution is -2.14. The topological polar surface area (TPSA) is 54.9 Å². The van der Waals surface area contributed by atoms with Crippen LogP contribution in [0.1, 0.15) is 19.0 Å². The Balaban J connectivity index is 2.50. The van der Waals surface area contributed by atoms with Crippen LogP contribution in [-0.4, -0.2) is 21.1 Å². The molecule has 0 saturated carbocycles. The molecule has 0 saturated heterocycles. The van der Waals surface area contributed by atoms with E-state index in [4.69, 9.17) is 11.6 Å². The molecule has 1 aliphatic heterocycles. The number of halogens is 1. The van der Waals surface area contributed by atoms with Crippen LogP contribution < -0.4 is 5.32 Å². The number of hydrogen-bond donors (Lipinski definition) is 1. The Labute approximate surface area is 96.8 Å². The van der Waals surface area contributed by atoms with E-state index in [0.717, 1.165) is 5.03 Å². The van der Waals surface area contributed by atoms with Crippen molar-refractivity contribution in [3.8, 4) is 0 Å². The van der Waals surface area contributed by atoms with E-state index in [0.29, 0.717) is 17.8 Å². The summed E-state index contributed by atoms with van der Waals surface area (Å²) in [4.78, 5) is 19.6. The summed E-state index contributed by atoms with van der Waals surface area (Å²) in [5.74, 6) is 0.00257. The van der Waals surface area contributed by atoms with E-state index in [1.54, 1.807) is 11.8 Å². The Morgan fingerprint density at radius 1 is 1.53 bits per heavy atom. The number of thioether (sulfide) groups is 1. The maximum absolute atomic E-state index is 11.5. The molecule has 1 unspecified atom stereocenters. The fourth-order valence-electron chi connectivity index (χ4n) is 1.43. The van der Waals surface area contributed by atoms with Gasteiger partial charge in [0.2, 0.25) is 11.2 Å². The van der Waals surface area contributed by atoms with E-state index in [9.17, 15) is 4.79 Å². The summed E-state index contributed by atoms with van der Waals surface area (Å²) in [6.07, 6.45) is 0.484. The highest BCUT2D eigenvalue weighted by atomic mass is 35.5. The molecule has 1 atom stereocenters. The van der Waals surface area contributed by atoms with E-state index in [1.165, 1.54) is 0 Å². The van der Waals surface area contributed by atoms with E-state index >= 15 is 0 Å². The van der Waals surface area contributed by atoms with Crippen molar-refractivity contribution >= 4 is 35.0 Å². The fraction of sp³-hybridized carbons (Fsp3) is 0.444. The first-order valence-corrected chi connectivity index (χ1v) is 5.82. The third kappa shape index (κ3) is 2.23. The van der Waals surface area contributed by atoms with Crippen molar-refractivity contribution in [1.82, 2.24) is 9.97 Å². The van der Waals surface area contributed by atoms with Crippen LogP contribution in [0.2, 0.25) is 5.28 Å². The number of nitrogens with zero attached hydrogens (tertiary/aromatic N) is 2. The number of anilines is 1. The summed E-state index contributed by atoms with van der Waals surface area (Å²) in [5, 5.41) is 3.99. The van der Waals surface area contributed by atoms with Crippen molar-refractivity contribution in [2.75, 3.05) is 5.32 Å². The Bertz CT molecular complexity index is 424. The minimum Gasteiger partial charge on any atom is -0.322 e. The summed E-state index contributed by atoms with van der Waals surface area (Å²) in [7, 11) is 0. The zero-order valence-corrected chi connectivity index (χ0v) is 9.95. The summed E-state index contributed by atoms with van der Waals surface area (Å²) >= 11 is 7.32. The van der Waals surface area contributed by atoms with Crippen LogP contribution >= 0.6 is 23.4 Å². The molecule has 2 heterocycles. The van der Waals surface area contributed by atoms with Crippen LogP contribution in [-0.2, 0) is 4.79 Å². The third-order valence-electron chi connectivity index (χ3n) is 2.08. The fourth-order valence-corrected chi connectivity index (χ4v) is 2.76. The second-order valence-corrected chi connectivity index (χ2v) is 5.20. The van der Waals surface area contributed by atoms with E-state index in [1.807, 2.05) is 13.8 Å². The molecule has 1 aliphatic rings. The van der Waals surface area contributed by atoms with Crippen molar-refractivity contribution in [3.05, 3.63) is 11.0 Å². The third-order valence-corrected chi connectivity index (χ3v) is 3.34. The lowest BCUT2D eigenvalue weighted by molar-refractivity contribution is -0.116. The molecule has 6 heteroatoms. The first kappa shape index (κ1) is 10.7. The lowest BCUT2D eigenvalue weighted by Gasteiger charge is -2.08. The minimum atomic E-state index is 0.00257. The number of carbonyl (C=O) groups excluding carboxylic acids is 1. The van der Waals surface area contributed by atoms with Gasteiger partial charge in [-0.05, 0) is 18.5 Å². The number of aryl methyl sites for hydroxylation is 1. The Hall–Kier alpha value is -0.810. The van der Waals surface area contributed by atoms with Crippen molar-refractivity contribution < 1.29 is 4.79 Å². The van der Waals surface area contributed by atoms with Gasteiger partial charge in [0, 0.05) is 11.7 Å². The van der Waals surface area contributed by atoms with E-state index < -0.39 is 0 Å². The largest absolute Gasteiger partial charge is 0.322 e. The average molecular weight is 244 g/mol. The van der Waals surface area contributed by atoms with E-state index in [-0.39, 0.29) is 16.4 Å². The summed E-state index contributed by atoms with van der Waals surface area (Å²) < 4.78 is 0. The molecule has 4 nitrogen and oxygen atoms in total. The van der Waals surface area contributed by atoms with Gasteiger partial charge in [-0.15, -0.1) is 11.8 Å². The Morgan fingerprint density at radius 2 is 2.27 bits per heavy atom. The number of rotatable bonds is 0. The molecule has 80 valence electrons. The number of aromatic nitrogens is 2. The highest BCUT2D eigenvalue weighted by Crippen LogP contribution is 2.35. The summed E-state index contributed by atoms with van der Waals surface area (Å²) in [6.45, 7) is 3.80. The summed E-state index contributed by atoms with van der Waals surface area (Å²) in [6, 6.07) is 0. The van der Waals surface area contributed by atoms with Crippen LogP contribution in [0.15, 0.2) is 5.03 Å². The average Bonchev–Trinajstić information content (AvgIpc) is 2.22. The van der Waals surface area contributed by atoms with Gasteiger partial charge in [-0.25, -0.2) is 9.97 Å². The first-order chi connectivity index (χ1) is 7.06. The van der Waals surface area contributed by atoms with Gasteiger partial charge >= 0.3 is 0 Å². The van der Waals surface area contributed by atoms with Gasteiger partial charge in [0.1, 0.15) is 5.03 Å². The van der Waals surface area contributed by atoms with E-state index in [2.05, 4.69) is 15.3 Å². The molecular weight excluding hydrogens is 234 g/mol. The monoisotopic (exact) mass is 243 g/mol. The predicted molar refractivity (Wildman–Crippen MR) is 60.3 cm³/mol. The van der Waals surface area contributed by atoms with Gasteiger partial charge in [-0.1, -0.05) is 6.92 Å². The van der Waals surface area contributed by atoms with Crippen LogP contribution in [0.4, 0.5) is 5.69 Å². The summed E-state index contributed by atoms with van der Waals surface area (Å²) in [5.41, 5.74) is 1.40. The van der Waals surface area contributed by atoms with Gasteiger partial charge in [0.15, 0.2) is 0 Å². The predicted octanol–water partition coefficient (Wildman–Crippen LogP) is 2.26.